The summed E-state index contributed by atoms with van der Waals surface area (Å²) < 4.78 is 0. The maximum absolute atomic E-state index is 4.18. The van der Waals surface area contributed by atoms with Gasteiger partial charge in [0.15, 0.2) is 0 Å². The van der Waals surface area contributed by atoms with Crippen molar-refractivity contribution in [1.82, 2.24) is 5.32 Å². The van der Waals surface area contributed by atoms with Crippen molar-refractivity contribution >= 4 is 0 Å². The molecule has 2 aliphatic carbocycles. The lowest BCUT2D eigenvalue weighted by atomic mass is 9.73. The highest BCUT2D eigenvalue weighted by molar-refractivity contribution is 4.99. The normalized spacial score (nSPS) is 27.9. The van der Waals surface area contributed by atoms with Crippen LogP contribution in [0.15, 0.2) is 0 Å². The molecule has 0 saturated heterocycles. The van der Waals surface area contributed by atoms with Crippen molar-refractivity contribution in [2.24, 2.45) is 0 Å². The van der Waals surface area contributed by atoms with Crippen molar-refractivity contribution < 1.29 is 0 Å². The van der Waals surface area contributed by atoms with Gasteiger partial charge in [0, 0.05) is 11.1 Å². The second kappa shape index (κ2) is 5.73. The van der Waals surface area contributed by atoms with Gasteiger partial charge in [-0.15, -0.1) is 0 Å². The topological polar surface area (TPSA) is 12.0 Å². The molecule has 17 heavy (non-hydrogen) atoms. The van der Waals surface area contributed by atoms with Gasteiger partial charge in [0.1, 0.15) is 0 Å². The monoisotopic (exact) mass is 237 g/mol. The van der Waals surface area contributed by atoms with Crippen molar-refractivity contribution in [3.05, 3.63) is 0 Å². The summed E-state index contributed by atoms with van der Waals surface area (Å²) in [5.41, 5.74) is 0.983. The molecule has 0 amide bonds. The highest BCUT2D eigenvalue weighted by Gasteiger charge is 2.39. The first kappa shape index (κ1) is 13.4. The van der Waals surface area contributed by atoms with Crippen molar-refractivity contribution in [3.8, 4) is 0 Å². The van der Waals surface area contributed by atoms with Gasteiger partial charge in [-0.1, -0.05) is 52.4 Å². The van der Waals surface area contributed by atoms with Crippen LogP contribution in [0.25, 0.3) is 0 Å². The Morgan fingerprint density at radius 1 is 0.647 bits per heavy atom. The maximum atomic E-state index is 4.18. The summed E-state index contributed by atoms with van der Waals surface area (Å²) in [5, 5.41) is 4.18. The standard InChI is InChI=1S/C16H31N/c1-3-15(11-7-5-8-12-15)17-16(4-2)13-9-6-10-14-16/h17H,3-14H2,1-2H3. The number of rotatable bonds is 4. The van der Waals surface area contributed by atoms with E-state index in [0.29, 0.717) is 11.1 Å². The quantitative estimate of drug-likeness (QED) is 0.740. The summed E-state index contributed by atoms with van der Waals surface area (Å²) in [5.74, 6) is 0. The lowest BCUT2D eigenvalue weighted by Crippen LogP contribution is -2.59. The first-order valence-corrected chi connectivity index (χ1v) is 8.04. The van der Waals surface area contributed by atoms with Crippen LogP contribution in [0.4, 0.5) is 0 Å². The van der Waals surface area contributed by atoms with Crippen LogP contribution in [-0.2, 0) is 0 Å². The molecular weight excluding hydrogens is 206 g/mol. The third kappa shape index (κ3) is 3.05. The molecule has 0 unspecified atom stereocenters. The fourth-order valence-corrected chi connectivity index (χ4v) is 4.15. The Hall–Kier alpha value is -0.0400. The van der Waals surface area contributed by atoms with Crippen LogP contribution < -0.4 is 5.32 Å². The van der Waals surface area contributed by atoms with Gasteiger partial charge in [-0.3, -0.25) is 0 Å². The molecule has 100 valence electrons. The van der Waals surface area contributed by atoms with E-state index in [2.05, 4.69) is 19.2 Å². The molecule has 0 bridgehead atoms. The zero-order valence-electron chi connectivity index (χ0n) is 12.0. The second-order valence-corrected chi connectivity index (χ2v) is 6.51. The molecule has 0 aromatic carbocycles. The Kier molecular flexibility index (Phi) is 4.52. The molecule has 1 nitrogen and oxygen atoms in total. The van der Waals surface area contributed by atoms with Crippen LogP contribution in [0.3, 0.4) is 0 Å². The van der Waals surface area contributed by atoms with Gasteiger partial charge in [-0.25, -0.2) is 0 Å². The average molecular weight is 237 g/mol. The Morgan fingerprint density at radius 3 is 1.29 bits per heavy atom. The predicted octanol–water partition coefficient (Wildman–Crippen LogP) is 4.80. The Bertz CT molecular complexity index is 198. The lowest BCUT2D eigenvalue weighted by Gasteiger charge is -2.48. The van der Waals surface area contributed by atoms with Crippen LogP contribution >= 0.6 is 0 Å². The van der Waals surface area contributed by atoms with E-state index >= 15 is 0 Å². The molecule has 1 N–H and O–H groups in total. The van der Waals surface area contributed by atoms with Crippen LogP contribution in [-0.4, -0.2) is 11.1 Å². The summed E-state index contributed by atoms with van der Waals surface area (Å²) in [6.45, 7) is 4.79. The van der Waals surface area contributed by atoms with E-state index in [1.165, 1.54) is 77.0 Å². The van der Waals surface area contributed by atoms with Crippen molar-refractivity contribution in [1.29, 1.82) is 0 Å². The van der Waals surface area contributed by atoms with Crippen molar-refractivity contribution in [2.75, 3.05) is 0 Å². The molecule has 2 rings (SSSR count). The third-order valence-corrected chi connectivity index (χ3v) is 5.51. The van der Waals surface area contributed by atoms with Gasteiger partial charge in [0.2, 0.25) is 0 Å². The zero-order chi connectivity index (χ0) is 12.2. The van der Waals surface area contributed by atoms with E-state index in [9.17, 15) is 0 Å². The first-order chi connectivity index (χ1) is 8.24. The van der Waals surface area contributed by atoms with Gasteiger partial charge in [0.05, 0.1) is 0 Å². The molecule has 2 saturated carbocycles. The summed E-state index contributed by atoms with van der Waals surface area (Å²) in [7, 11) is 0. The Labute approximate surface area is 108 Å². The van der Waals surface area contributed by atoms with Gasteiger partial charge in [0.25, 0.3) is 0 Å². The van der Waals surface area contributed by atoms with Crippen molar-refractivity contribution in [3.63, 3.8) is 0 Å². The molecule has 0 atom stereocenters. The minimum atomic E-state index is 0.492. The molecule has 2 aliphatic rings. The number of hydrogen-bond donors (Lipinski definition) is 1. The molecule has 0 aromatic heterocycles. The largest absolute Gasteiger partial charge is 0.306 e. The summed E-state index contributed by atoms with van der Waals surface area (Å²) >= 11 is 0. The zero-order valence-corrected chi connectivity index (χ0v) is 12.0. The minimum absolute atomic E-state index is 0.492. The fraction of sp³-hybridized carbons (Fsp3) is 1.00. The smallest absolute Gasteiger partial charge is 0.0184 e. The average Bonchev–Trinajstić information content (AvgIpc) is 2.41. The van der Waals surface area contributed by atoms with E-state index < -0.39 is 0 Å². The SMILES string of the molecule is CCC1(NC2(CC)CCCCC2)CCCCC1. The van der Waals surface area contributed by atoms with E-state index in [1.54, 1.807) is 0 Å². The summed E-state index contributed by atoms with van der Waals surface area (Å²) in [6, 6.07) is 0. The van der Waals surface area contributed by atoms with Gasteiger partial charge >= 0.3 is 0 Å². The Balaban J connectivity index is 2.04. The summed E-state index contributed by atoms with van der Waals surface area (Å²) in [6.07, 6.45) is 17.0. The molecule has 2 fully saturated rings. The van der Waals surface area contributed by atoms with E-state index in [4.69, 9.17) is 0 Å². The molecule has 0 radical (unpaired) electrons. The third-order valence-electron chi connectivity index (χ3n) is 5.51. The first-order valence-electron chi connectivity index (χ1n) is 8.04. The molecule has 0 aliphatic heterocycles. The van der Waals surface area contributed by atoms with Crippen LogP contribution in [0.5, 0.6) is 0 Å². The van der Waals surface area contributed by atoms with Gasteiger partial charge in [-0.2, -0.15) is 0 Å². The van der Waals surface area contributed by atoms with Crippen LogP contribution in [0.1, 0.15) is 90.9 Å². The molecule has 0 spiro atoms. The Morgan fingerprint density at radius 2 is 1.00 bits per heavy atom. The highest BCUT2D eigenvalue weighted by atomic mass is 15.1. The highest BCUT2D eigenvalue weighted by Crippen LogP contribution is 2.38. The predicted molar refractivity (Wildman–Crippen MR) is 75.3 cm³/mol. The maximum Gasteiger partial charge on any atom is 0.0184 e. The fourth-order valence-electron chi connectivity index (χ4n) is 4.15. The number of hydrogen-bond acceptors (Lipinski definition) is 1. The van der Waals surface area contributed by atoms with E-state index in [-0.39, 0.29) is 0 Å². The molecule has 1 heteroatoms. The number of nitrogens with one attached hydrogen (secondary N) is 1. The van der Waals surface area contributed by atoms with Crippen LogP contribution in [0, 0.1) is 0 Å². The summed E-state index contributed by atoms with van der Waals surface area (Å²) in [4.78, 5) is 0. The van der Waals surface area contributed by atoms with E-state index in [0.717, 1.165) is 0 Å². The molecule has 0 aromatic rings. The molecule has 0 heterocycles. The van der Waals surface area contributed by atoms with Gasteiger partial charge < -0.3 is 5.32 Å². The minimum Gasteiger partial charge on any atom is -0.306 e. The second-order valence-electron chi connectivity index (χ2n) is 6.51. The molecular formula is C16H31N. The lowest BCUT2D eigenvalue weighted by molar-refractivity contribution is 0.113. The van der Waals surface area contributed by atoms with Crippen molar-refractivity contribution in [2.45, 2.75) is 102 Å². The van der Waals surface area contributed by atoms with Gasteiger partial charge in [-0.05, 0) is 38.5 Å². The van der Waals surface area contributed by atoms with E-state index in [1.807, 2.05) is 0 Å². The van der Waals surface area contributed by atoms with Crippen LogP contribution in [0.2, 0.25) is 0 Å².